The molecule has 2 fully saturated rings. The number of carbonyl (C=O) groups excluding carboxylic acids is 1. The van der Waals surface area contributed by atoms with Crippen LogP contribution in [-0.2, 0) is 9.53 Å². The maximum Gasteiger partial charge on any atom is 0.260 e. The average Bonchev–Trinajstić information content (AvgIpc) is 2.99. The third-order valence-corrected chi connectivity index (χ3v) is 5.95. The van der Waals surface area contributed by atoms with Crippen molar-refractivity contribution in [2.45, 2.75) is 57.1 Å². The van der Waals surface area contributed by atoms with Gasteiger partial charge in [-0.2, -0.15) is 0 Å². The van der Waals surface area contributed by atoms with Crippen molar-refractivity contribution in [1.82, 2.24) is 9.88 Å². The molecule has 0 aromatic carbocycles. The van der Waals surface area contributed by atoms with Crippen LogP contribution in [0.3, 0.4) is 0 Å². The first-order valence-corrected chi connectivity index (χ1v) is 9.21. The maximum atomic E-state index is 12.6. The third kappa shape index (κ3) is 3.02. The lowest BCUT2D eigenvalue weighted by atomic mass is 9.83. The lowest BCUT2D eigenvalue weighted by molar-refractivity contribution is -0.136. The molecule has 0 spiro atoms. The molecule has 1 saturated heterocycles. The number of nitrogens with zero attached hydrogens (tertiary/aromatic N) is 2. The molecule has 1 aliphatic carbocycles. The van der Waals surface area contributed by atoms with Gasteiger partial charge in [-0.3, -0.25) is 4.79 Å². The van der Waals surface area contributed by atoms with Gasteiger partial charge in [-0.25, -0.2) is 4.98 Å². The Morgan fingerprint density at radius 3 is 2.88 bits per heavy atom. The Kier molecular flexibility index (Phi) is 4.44. The van der Waals surface area contributed by atoms with Crippen molar-refractivity contribution in [3.05, 3.63) is 23.9 Å². The summed E-state index contributed by atoms with van der Waals surface area (Å²) in [4.78, 5) is 19.0. The van der Waals surface area contributed by atoms with Gasteiger partial charge in [0.25, 0.3) is 5.91 Å². The average molecular weight is 330 g/mol. The van der Waals surface area contributed by atoms with Gasteiger partial charge in [0.1, 0.15) is 0 Å². The smallest absolute Gasteiger partial charge is 0.260 e. The highest BCUT2D eigenvalue weighted by atomic mass is 16.5. The van der Waals surface area contributed by atoms with E-state index in [1.165, 1.54) is 0 Å². The first-order valence-electron chi connectivity index (χ1n) is 9.21. The van der Waals surface area contributed by atoms with Crippen LogP contribution in [0.25, 0.3) is 0 Å². The molecule has 2 atom stereocenters. The molecule has 1 amide bonds. The van der Waals surface area contributed by atoms with Crippen molar-refractivity contribution in [1.29, 1.82) is 0 Å². The molecule has 24 heavy (non-hydrogen) atoms. The van der Waals surface area contributed by atoms with Crippen molar-refractivity contribution >= 4 is 5.91 Å². The largest absolute Gasteiger partial charge is 0.467 e. The number of ether oxygens (including phenoxy) is 2. The third-order valence-electron chi connectivity index (χ3n) is 5.95. The zero-order valence-corrected chi connectivity index (χ0v) is 14.3. The molecule has 2 bridgehead atoms. The summed E-state index contributed by atoms with van der Waals surface area (Å²) in [5.41, 5.74) is 1.15. The van der Waals surface area contributed by atoms with Crippen LogP contribution in [0.15, 0.2) is 18.3 Å². The highest BCUT2D eigenvalue weighted by Crippen LogP contribution is 2.38. The summed E-state index contributed by atoms with van der Waals surface area (Å²) in [7, 11) is 0. The van der Waals surface area contributed by atoms with Crippen molar-refractivity contribution in [3.8, 4) is 5.88 Å². The van der Waals surface area contributed by atoms with Gasteiger partial charge in [0.05, 0.1) is 18.8 Å². The fraction of sp³-hybridized carbons (Fsp3) is 0.684. The van der Waals surface area contributed by atoms with Gasteiger partial charge in [-0.1, -0.05) is 13.0 Å². The molecule has 3 aliphatic heterocycles. The Labute approximate surface area is 143 Å². The van der Waals surface area contributed by atoms with Crippen LogP contribution in [-0.4, -0.2) is 47.7 Å². The number of hydrogen-bond acceptors (Lipinski definition) is 4. The number of hydrogen-bond donors (Lipinski definition) is 0. The first-order chi connectivity index (χ1) is 11.7. The van der Waals surface area contributed by atoms with Gasteiger partial charge >= 0.3 is 0 Å². The van der Waals surface area contributed by atoms with E-state index in [0.29, 0.717) is 30.4 Å². The van der Waals surface area contributed by atoms with Crippen LogP contribution >= 0.6 is 0 Å². The highest BCUT2D eigenvalue weighted by molar-refractivity contribution is 5.78. The van der Waals surface area contributed by atoms with Crippen LogP contribution in [0.5, 0.6) is 5.88 Å². The maximum absolute atomic E-state index is 12.6. The fourth-order valence-corrected chi connectivity index (χ4v) is 4.39. The number of carbonyl (C=O) groups is 1. The summed E-state index contributed by atoms with van der Waals surface area (Å²) in [5.74, 6) is 1.64. The van der Waals surface area contributed by atoms with Crippen molar-refractivity contribution in [2.24, 2.45) is 5.92 Å². The van der Waals surface area contributed by atoms with E-state index in [1.54, 1.807) is 6.20 Å². The molecule has 5 nitrogen and oxygen atoms in total. The summed E-state index contributed by atoms with van der Waals surface area (Å²) >= 11 is 0. The van der Waals surface area contributed by atoms with Crippen molar-refractivity contribution < 1.29 is 14.3 Å². The molecule has 0 N–H and O–H groups in total. The lowest BCUT2D eigenvalue weighted by Crippen LogP contribution is -2.43. The number of rotatable bonds is 0. The molecule has 2 unspecified atom stereocenters. The monoisotopic (exact) mass is 330 g/mol. The van der Waals surface area contributed by atoms with E-state index in [1.807, 2.05) is 11.0 Å². The molecule has 1 aromatic heterocycles. The molecule has 5 heteroatoms. The second-order valence-corrected chi connectivity index (χ2v) is 7.41. The number of amides is 1. The van der Waals surface area contributed by atoms with E-state index in [4.69, 9.17) is 9.47 Å². The molecule has 0 radical (unpaired) electrons. The Balaban J connectivity index is 1.61. The quantitative estimate of drug-likeness (QED) is 0.734. The predicted molar refractivity (Wildman–Crippen MR) is 90.0 cm³/mol. The zero-order valence-electron chi connectivity index (χ0n) is 14.3. The Morgan fingerprint density at radius 2 is 2.04 bits per heavy atom. The normalized spacial score (nSPS) is 33.7. The summed E-state index contributed by atoms with van der Waals surface area (Å²) in [6, 6.07) is 4.24. The molecule has 5 rings (SSSR count). The zero-order chi connectivity index (χ0) is 16.5. The van der Waals surface area contributed by atoms with Gasteiger partial charge in [0.2, 0.25) is 5.88 Å². The van der Waals surface area contributed by atoms with E-state index in [2.05, 4.69) is 18.0 Å². The van der Waals surface area contributed by atoms with Crippen LogP contribution in [0, 0.1) is 5.92 Å². The van der Waals surface area contributed by atoms with Gasteiger partial charge in [0, 0.05) is 18.3 Å². The Hall–Kier alpha value is -1.62. The van der Waals surface area contributed by atoms with Gasteiger partial charge in [-0.15, -0.1) is 0 Å². The van der Waals surface area contributed by atoms with Crippen molar-refractivity contribution in [2.75, 3.05) is 19.8 Å². The summed E-state index contributed by atoms with van der Waals surface area (Å²) in [5, 5.41) is 0. The van der Waals surface area contributed by atoms with Crippen LogP contribution < -0.4 is 4.74 Å². The topological polar surface area (TPSA) is 51.7 Å². The molecule has 1 aromatic rings. The Morgan fingerprint density at radius 1 is 1.21 bits per heavy atom. The minimum Gasteiger partial charge on any atom is -0.467 e. The van der Waals surface area contributed by atoms with E-state index in [0.717, 1.165) is 44.2 Å². The van der Waals surface area contributed by atoms with Gasteiger partial charge in [0.15, 0.2) is 6.61 Å². The van der Waals surface area contributed by atoms with Crippen LogP contribution in [0.4, 0.5) is 0 Å². The number of fused-ring (bicyclic) bond motifs is 5. The molecule has 1 saturated carbocycles. The van der Waals surface area contributed by atoms with E-state index < -0.39 is 0 Å². The summed E-state index contributed by atoms with van der Waals surface area (Å²) in [6.45, 7) is 3.75. The molecular formula is C19H26N2O3. The highest BCUT2D eigenvalue weighted by Gasteiger charge is 2.36. The predicted octanol–water partition coefficient (Wildman–Crippen LogP) is 2.75. The molecule has 130 valence electrons. The van der Waals surface area contributed by atoms with Gasteiger partial charge in [-0.05, 0) is 50.0 Å². The minimum atomic E-state index is 0.0520. The van der Waals surface area contributed by atoms with Crippen molar-refractivity contribution in [3.63, 3.8) is 0 Å². The fourth-order valence-electron chi connectivity index (χ4n) is 4.39. The molecule has 4 aliphatic rings. The molecular weight excluding hydrogens is 304 g/mol. The first kappa shape index (κ1) is 15.9. The minimum absolute atomic E-state index is 0.0520. The number of aromatic nitrogens is 1. The summed E-state index contributed by atoms with van der Waals surface area (Å²) < 4.78 is 12.1. The van der Waals surface area contributed by atoms with Crippen LogP contribution in [0.1, 0.15) is 50.5 Å². The van der Waals surface area contributed by atoms with Crippen LogP contribution in [0.2, 0.25) is 0 Å². The van der Waals surface area contributed by atoms with E-state index >= 15 is 0 Å². The van der Waals surface area contributed by atoms with Gasteiger partial charge < -0.3 is 14.4 Å². The second kappa shape index (κ2) is 6.71. The van der Waals surface area contributed by atoms with E-state index in [9.17, 15) is 4.79 Å². The molecule has 4 heterocycles. The summed E-state index contributed by atoms with van der Waals surface area (Å²) in [6.07, 6.45) is 7.47. The lowest BCUT2D eigenvalue weighted by Gasteiger charge is -2.31. The standard InChI is InChI=1S/C19H26N2O3/c1-13-8-10-21-17(13)11-23-15-6-4-14(5-7-15)16-3-2-9-20-19(16)24-12-18(21)22/h2-3,9,13-15,17H,4-8,10-12H2,1H3/t13?,14-,15+,17?. The SMILES string of the molecule is CC1CCN2C(=O)COc3ncccc3[C@H]3CC[C@H](CC3)OCC12. The second-order valence-electron chi connectivity index (χ2n) is 7.41. The van der Waals surface area contributed by atoms with E-state index in [-0.39, 0.29) is 18.6 Å². The number of pyridine rings is 1. The Bertz CT molecular complexity index is 598.